The summed E-state index contributed by atoms with van der Waals surface area (Å²) in [5.74, 6) is 1.54. The Kier molecular flexibility index (Phi) is 7.09. The molecule has 0 bridgehead atoms. The van der Waals surface area contributed by atoms with Crippen LogP contribution >= 0.6 is 24.0 Å². The molecule has 8 heteroatoms. The van der Waals surface area contributed by atoms with Gasteiger partial charge in [-0.3, -0.25) is 9.78 Å². The Hall–Kier alpha value is -3.49. The lowest BCUT2D eigenvalue weighted by atomic mass is 10.1. The van der Waals surface area contributed by atoms with E-state index in [4.69, 9.17) is 15.2 Å². The maximum absolute atomic E-state index is 12.0. The Morgan fingerprint density at radius 2 is 1.68 bits per heavy atom. The van der Waals surface area contributed by atoms with Crippen LogP contribution in [0.2, 0.25) is 0 Å². The molecule has 174 valence electrons. The number of aromatic nitrogens is 1. The van der Waals surface area contributed by atoms with Gasteiger partial charge in [0.05, 0.1) is 19.9 Å². The van der Waals surface area contributed by atoms with Crippen molar-refractivity contribution in [3.8, 4) is 32.4 Å². The maximum Gasteiger partial charge on any atom is 0.254 e. The number of methoxy groups -OCH3 is 2. The van der Waals surface area contributed by atoms with Gasteiger partial charge in [-0.15, -0.1) is 24.0 Å². The molecule has 34 heavy (non-hydrogen) atoms. The van der Waals surface area contributed by atoms with Gasteiger partial charge >= 0.3 is 0 Å². The third-order valence-electron chi connectivity index (χ3n) is 5.39. The van der Waals surface area contributed by atoms with Crippen molar-refractivity contribution in [2.45, 2.75) is 11.4 Å². The van der Waals surface area contributed by atoms with Crippen LogP contribution in [0.15, 0.2) is 71.9 Å². The average molecular weight is 492 g/mol. The van der Waals surface area contributed by atoms with E-state index in [1.807, 2.05) is 49.6 Å². The predicted molar refractivity (Wildman–Crippen MR) is 140 cm³/mol. The fraction of sp³-hybridized carbons (Fsp3) is 0.154. The van der Waals surface area contributed by atoms with E-state index in [1.165, 1.54) is 4.88 Å². The molecule has 2 N–H and O–H groups in total. The molecule has 0 radical (unpaired) electrons. The Morgan fingerprint density at radius 3 is 2.38 bits per heavy atom. The lowest BCUT2D eigenvalue weighted by molar-refractivity contribution is 0.0816. The van der Waals surface area contributed by atoms with Gasteiger partial charge in [-0.05, 0) is 59.7 Å². The van der Waals surface area contributed by atoms with Crippen molar-refractivity contribution in [1.29, 1.82) is 0 Å². The molecule has 1 aliphatic heterocycles. The molecule has 5 rings (SSSR count). The first-order valence-electron chi connectivity index (χ1n) is 10.5. The third-order valence-corrected chi connectivity index (χ3v) is 6.85. The van der Waals surface area contributed by atoms with Crippen LogP contribution in [-0.4, -0.2) is 37.1 Å². The molecule has 2 aromatic carbocycles. The Labute approximate surface area is 208 Å². The summed E-state index contributed by atoms with van der Waals surface area (Å²) in [7, 11) is 5.04. The lowest BCUT2D eigenvalue weighted by Crippen LogP contribution is -2.17. The van der Waals surface area contributed by atoms with E-state index >= 15 is 0 Å². The first-order valence-corrected chi connectivity index (χ1v) is 11.8. The monoisotopic (exact) mass is 491 g/mol. The summed E-state index contributed by atoms with van der Waals surface area (Å²) < 4.78 is 10.1. The van der Waals surface area contributed by atoms with Gasteiger partial charge in [0.15, 0.2) is 11.5 Å². The van der Waals surface area contributed by atoms with Crippen molar-refractivity contribution in [2.24, 2.45) is 0 Å². The normalized spacial score (nSPS) is 12.1. The smallest absolute Gasteiger partial charge is 0.254 e. The number of hydrogen-bond acceptors (Lipinski definition) is 7. The Bertz CT molecular complexity index is 1340. The number of amides is 1. The molecule has 4 aromatic rings. The summed E-state index contributed by atoms with van der Waals surface area (Å²) in [6, 6.07) is 17.7. The largest absolute Gasteiger partial charge is 0.493 e. The van der Waals surface area contributed by atoms with E-state index in [-0.39, 0.29) is 5.91 Å². The summed E-state index contributed by atoms with van der Waals surface area (Å²) in [6.07, 6.45) is 3.47. The number of anilines is 1. The molecule has 1 amide bonds. The van der Waals surface area contributed by atoms with Gasteiger partial charge < -0.3 is 20.1 Å². The minimum atomic E-state index is 0.101. The standard InChI is InChI=1S/C18H15N3OS.C8H10O2S/c1-21-10-13-6-11(2-3-15(13)18(21)22)16-4-5-17(23-16)12-7-14(19)9-20-8-12;1-9-7-4-3-6(11)5-8(7)10-2/h2-9H,10,19H2,1H3;3-5,11H,1-2H3. The molecule has 0 unspecified atom stereocenters. The van der Waals surface area contributed by atoms with Crippen molar-refractivity contribution in [1.82, 2.24) is 9.88 Å². The van der Waals surface area contributed by atoms with Crippen molar-refractivity contribution in [3.63, 3.8) is 0 Å². The Balaban J connectivity index is 0.000000210. The summed E-state index contributed by atoms with van der Waals surface area (Å²) >= 11 is 5.86. The molecule has 0 saturated carbocycles. The SMILES string of the molecule is CN1Cc2cc(-c3ccc(-c4cncc(N)c4)s3)ccc2C1=O.COc1ccc(S)cc1OC. The third kappa shape index (κ3) is 5.03. The molecule has 0 saturated heterocycles. The van der Waals surface area contributed by atoms with Crippen molar-refractivity contribution >= 4 is 35.6 Å². The van der Waals surface area contributed by atoms with Crippen LogP contribution in [0.25, 0.3) is 20.9 Å². The number of rotatable bonds is 4. The van der Waals surface area contributed by atoms with Gasteiger partial charge in [0, 0.05) is 51.8 Å². The number of hydrogen-bond donors (Lipinski definition) is 2. The van der Waals surface area contributed by atoms with E-state index in [1.54, 1.807) is 36.7 Å². The number of nitrogens with two attached hydrogens (primary N) is 1. The second-order valence-electron chi connectivity index (χ2n) is 7.74. The first-order chi connectivity index (χ1) is 16.4. The molecule has 0 atom stereocenters. The molecule has 0 aliphatic carbocycles. The zero-order valence-corrected chi connectivity index (χ0v) is 20.8. The fourth-order valence-electron chi connectivity index (χ4n) is 3.68. The van der Waals surface area contributed by atoms with E-state index in [0.717, 1.165) is 37.8 Å². The summed E-state index contributed by atoms with van der Waals surface area (Å²) in [5, 5.41) is 0. The number of thiophene rings is 1. The molecule has 0 fully saturated rings. The van der Waals surface area contributed by atoms with Gasteiger partial charge in [-0.2, -0.15) is 0 Å². The van der Waals surface area contributed by atoms with E-state index < -0.39 is 0 Å². The molecule has 6 nitrogen and oxygen atoms in total. The minimum Gasteiger partial charge on any atom is -0.493 e. The zero-order valence-electron chi connectivity index (χ0n) is 19.1. The molecular formula is C26H25N3O3S2. The predicted octanol–water partition coefficient (Wildman–Crippen LogP) is 5.64. The van der Waals surface area contributed by atoms with Crippen LogP contribution in [0.5, 0.6) is 11.5 Å². The molecule has 1 aliphatic rings. The highest BCUT2D eigenvalue weighted by Gasteiger charge is 2.24. The van der Waals surface area contributed by atoms with E-state index in [9.17, 15) is 4.79 Å². The highest BCUT2D eigenvalue weighted by molar-refractivity contribution is 7.80. The van der Waals surface area contributed by atoms with Crippen LogP contribution in [0.1, 0.15) is 15.9 Å². The first kappa shape index (κ1) is 23.7. The van der Waals surface area contributed by atoms with Gasteiger partial charge in [-0.1, -0.05) is 6.07 Å². The fourth-order valence-corrected chi connectivity index (χ4v) is 4.86. The van der Waals surface area contributed by atoms with Crippen LogP contribution in [0, 0.1) is 0 Å². The number of carbonyl (C=O) groups excluding carboxylic acids is 1. The summed E-state index contributed by atoms with van der Waals surface area (Å²) in [6.45, 7) is 0.680. The van der Waals surface area contributed by atoms with Crippen LogP contribution in [-0.2, 0) is 6.54 Å². The van der Waals surface area contributed by atoms with E-state index in [0.29, 0.717) is 18.0 Å². The van der Waals surface area contributed by atoms with Gasteiger partial charge in [-0.25, -0.2) is 0 Å². The highest BCUT2D eigenvalue weighted by Crippen LogP contribution is 2.36. The highest BCUT2D eigenvalue weighted by atomic mass is 32.1. The molecule has 3 heterocycles. The van der Waals surface area contributed by atoms with Gasteiger partial charge in [0.2, 0.25) is 0 Å². The van der Waals surface area contributed by atoms with Crippen LogP contribution < -0.4 is 15.2 Å². The minimum absolute atomic E-state index is 0.101. The summed E-state index contributed by atoms with van der Waals surface area (Å²) in [5.41, 5.74) is 10.5. The van der Waals surface area contributed by atoms with Crippen LogP contribution in [0.4, 0.5) is 5.69 Å². The number of carbonyl (C=O) groups is 1. The number of fused-ring (bicyclic) bond motifs is 1. The number of thiol groups is 1. The number of nitrogens with zero attached hydrogens (tertiary/aromatic N) is 2. The summed E-state index contributed by atoms with van der Waals surface area (Å²) in [4.78, 5) is 21.0. The molecular weight excluding hydrogens is 466 g/mol. The zero-order chi connectivity index (χ0) is 24.2. The Morgan fingerprint density at radius 1 is 0.941 bits per heavy atom. The number of nitrogen functional groups attached to an aromatic ring is 1. The number of pyridine rings is 1. The number of ether oxygens (including phenoxy) is 2. The van der Waals surface area contributed by atoms with Gasteiger partial charge in [0.25, 0.3) is 5.91 Å². The molecule has 0 spiro atoms. The number of benzene rings is 2. The second kappa shape index (κ2) is 10.2. The van der Waals surface area contributed by atoms with E-state index in [2.05, 4.69) is 35.8 Å². The maximum atomic E-state index is 12.0. The quantitative estimate of drug-likeness (QED) is 0.362. The van der Waals surface area contributed by atoms with Gasteiger partial charge in [0.1, 0.15) is 0 Å². The lowest BCUT2D eigenvalue weighted by Gasteiger charge is -2.06. The molecule has 2 aromatic heterocycles. The van der Waals surface area contributed by atoms with Crippen LogP contribution in [0.3, 0.4) is 0 Å². The second-order valence-corrected chi connectivity index (χ2v) is 9.34. The average Bonchev–Trinajstić information content (AvgIpc) is 3.44. The van der Waals surface area contributed by atoms with Crippen molar-refractivity contribution < 1.29 is 14.3 Å². The van der Waals surface area contributed by atoms with Crippen molar-refractivity contribution in [2.75, 3.05) is 27.0 Å². The topological polar surface area (TPSA) is 77.7 Å². The van der Waals surface area contributed by atoms with Crippen molar-refractivity contribution in [3.05, 3.63) is 78.1 Å².